The Morgan fingerprint density at radius 1 is 1.00 bits per heavy atom. The first-order valence-electron chi connectivity index (χ1n) is 7.22. The van der Waals surface area contributed by atoms with Gasteiger partial charge in [0.15, 0.2) is 0 Å². The Morgan fingerprint density at radius 3 is 1.96 bits per heavy atom. The number of hydrogen-bond donors (Lipinski definition) is 0. The van der Waals surface area contributed by atoms with Crippen LogP contribution in [0.4, 0.5) is 13.2 Å². The number of fused-ring (bicyclic) bond motifs is 2. The van der Waals surface area contributed by atoms with Crippen LogP contribution >= 0.6 is 0 Å². The molecule has 0 aliphatic carbocycles. The number of carbonyl (C=O) groups excluding carboxylic acids is 1. The number of esters is 1. The van der Waals surface area contributed by atoms with Crippen molar-refractivity contribution in [3.63, 3.8) is 0 Å². The highest BCUT2D eigenvalue weighted by Crippen LogP contribution is 2.42. The fourth-order valence-electron chi connectivity index (χ4n) is 2.79. The van der Waals surface area contributed by atoms with Gasteiger partial charge in [-0.3, -0.25) is 0 Å². The second-order valence-electron chi connectivity index (χ2n) is 5.30. The van der Waals surface area contributed by atoms with E-state index in [9.17, 15) is 18.0 Å². The summed E-state index contributed by atoms with van der Waals surface area (Å²) in [6.45, 7) is 3.17. The van der Waals surface area contributed by atoms with Gasteiger partial charge in [0.05, 0.1) is 0 Å². The molecule has 2 nitrogen and oxygen atoms in total. The van der Waals surface area contributed by atoms with Crippen molar-refractivity contribution in [3.05, 3.63) is 72.8 Å². The Balaban J connectivity index is 2.38. The van der Waals surface area contributed by atoms with Crippen LogP contribution in [0.1, 0.15) is 11.7 Å². The van der Waals surface area contributed by atoms with Gasteiger partial charge in [-0.05, 0) is 27.6 Å². The molecule has 0 radical (unpaired) electrons. The summed E-state index contributed by atoms with van der Waals surface area (Å²) in [5, 5.41) is 2.09. The molecule has 122 valence electrons. The number of alkyl halides is 3. The van der Waals surface area contributed by atoms with Gasteiger partial charge in [-0.2, -0.15) is 13.2 Å². The van der Waals surface area contributed by atoms with Crippen LogP contribution in [0.2, 0.25) is 0 Å². The molecule has 3 aromatic rings. The Hall–Kier alpha value is -2.82. The second kappa shape index (κ2) is 6.00. The van der Waals surface area contributed by atoms with Gasteiger partial charge in [0.2, 0.25) is 6.10 Å². The summed E-state index contributed by atoms with van der Waals surface area (Å²) < 4.78 is 45.6. The minimum atomic E-state index is -4.74. The average Bonchev–Trinajstić information content (AvgIpc) is 2.56. The number of rotatable bonds is 3. The monoisotopic (exact) mass is 330 g/mol. The summed E-state index contributed by atoms with van der Waals surface area (Å²) in [5.41, 5.74) is -0.0635. The molecule has 0 unspecified atom stereocenters. The van der Waals surface area contributed by atoms with Gasteiger partial charge in [-0.1, -0.05) is 55.1 Å². The lowest BCUT2D eigenvalue weighted by atomic mass is 9.93. The number of halogens is 3. The highest BCUT2D eigenvalue weighted by atomic mass is 19.4. The molecule has 0 aliphatic rings. The summed E-state index contributed by atoms with van der Waals surface area (Å²) in [4.78, 5) is 11.5. The maximum atomic E-state index is 13.6. The summed E-state index contributed by atoms with van der Waals surface area (Å²) in [7, 11) is 0. The van der Waals surface area contributed by atoms with Crippen molar-refractivity contribution < 1.29 is 22.7 Å². The largest absolute Gasteiger partial charge is 0.445 e. The molecule has 0 fully saturated rings. The van der Waals surface area contributed by atoms with Crippen molar-refractivity contribution in [1.82, 2.24) is 0 Å². The third-order valence-electron chi connectivity index (χ3n) is 3.77. The molecule has 0 N–H and O–H groups in total. The number of ether oxygens (including phenoxy) is 1. The lowest BCUT2D eigenvalue weighted by Crippen LogP contribution is -2.26. The first-order valence-corrected chi connectivity index (χ1v) is 7.22. The minimum absolute atomic E-state index is 0.0635. The van der Waals surface area contributed by atoms with Crippen molar-refractivity contribution in [2.75, 3.05) is 0 Å². The molecule has 0 amide bonds. The third-order valence-corrected chi connectivity index (χ3v) is 3.77. The fraction of sp³-hybridized carbons (Fsp3) is 0.105. The molecule has 0 saturated heterocycles. The SMILES string of the molecule is C=CC(=O)O[C@H](c1c2ccccc2cc2ccccc12)C(F)(F)F. The molecule has 0 spiro atoms. The summed E-state index contributed by atoms with van der Waals surface area (Å²) in [6.07, 6.45) is -6.38. The summed E-state index contributed by atoms with van der Waals surface area (Å²) >= 11 is 0. The zero-order valence-corrected chi connectivity index (χ0v) is 12.5. The van der Waals surface area contributed by atoms with E-state index in [0.29, 0.717) is 21.5 Å². The smallest absolute Gasteiger partial charge is 0.429 e. The molecule has 0 aromatic heterocycles. The quantitative estimate of drug-likeness (QED) is 0.369. The molecule has 0 saturated carbocycles. The molecule has 0 aliphatic heterocycles. The Bertz CT molecular complexity index is 875. The Labute approximate surface area is 136 Å². The van der Waals surface area contributed by atoms with Crippen LogP contribution < -0.4 is 0 Å². The van der Waals surface area contributed by atoms with Crippen molar-refractivity contribution in [2.24, 2.45) is 0 Å². The molecule has 5 heteroatoms. The lowest BCUT2D eigenvalue weighted by molar-refractivity contribution is -0.220. The van der Waals surface area contributed by atoms with Crippen LogP contribution in [0, 0.1) is 0 Å². The van der Waals surface area contributed by atoms with Crippen LogP contribution in [-0.2, 0) is 9.53 Å². The molecule has 3 rings (SSSR count). The van der Waals surface area contributed by atoms with E-state index in [-0.39, 0.29) is 5.56 Å². The van der Waals surface area contributed by atoms with Crippen LogP contribution in [0.5, 0.6) is 0 Å². The first kappa shape index (κ1) is 16.1. The van der Waals surface area contributed by atoms with E-state index >= 15 is 0 Å². The van der Waals surface area contributed by atoms with Crippen molar-refractivity contribution >= 4 is 27.5 Å². The van der Waals surface area contributed by atoms with E-state index in [1.807, 2.05) is 6.07 Å². The topological polar surface area (TPSA) is 26.3 Å². The van der Waals surface area contributed by atoms with Gasteiger partial charge in [-0.15, -0.1) is 0 Å². The molecular weight excluding hydrogens is 317 g/mol. The van der Waals surface area contributed by atoms with Gasteiger partial charge < -0.3 is 4.74 Å². The highest BCUT2D eigenvalue weighted by molar-refractivity contribution is 6.02. The van der Waals surface area contributed by atoms with E-state index in [1.165, 1.54) is 0 Å². The van der Waals surface area contributed by atoms with Crippen LogP contribution in [0.25, 0.3) is 21.5 Å². The summed E-state index contributed by atoms with van der Waals surface area (Å²) in [6, 6.07) is 15.3. The lowest BCUT2D eigenvalue weighted by Gasteiger charge is -2.23. The van der Waals surface area contributed by atoms with Crippen LogP contribution in [-0.4, -0.2) is 12.1 Å². The zero-order chi connectivity index (χ0) is 17.3. The first-order chi connectivity index (χ1) is 11.4. The molecule has 3 aromatic carbocycles. The zero-order valence-electron chi connectivity index (χ0n) is 12.5. The average molecular weight is 330 g/mol. The Kier molecular flexibility index (Phi) is 4.01. The summed E-state index contributed by atoms with van der Waals surface area (Å²) in [5.74, 6) is -1.12. The predicted molar refractivity (Wildman–Crippen MR) is 86.5 cm³/mol. The van der Waals surface area contributed by atoms with E-state index in [1.54, 1.807) is 48.5 Å². The van der Waals surface area contributed by atoms with Gasteiger partial charge in [-0.25, -0.2) is 4.79 Å². The Morgan fingerprint density at radius 2 is 1.50 bits per heavy atom. The van der Waals surface area contributed by atoms with Gasteiger partial charge in [0.1, 0.15) is 0 Å². The fourth-order valence-corrected chi connectivity index (χ4v) is 2.79. The second-order valence-corrected chi connectivity index (χ2v) is 5.30. The van der Waals surface area contributed by atoms with Gasteiger partial charge >= 0.3 is 12.1 Å². The minimum Gasteiger partial charge on any atom is -0.445 e. The van der Waals surface area contributed by atoms with Gasteiger partial charge in [0, 0.05) is 11.6 Å². The van der Waals surface area contributed by atoms with Gasteiger partial charge in [0.25, 0.3) is 0 Å². The molecule has 0 bridgehead atoms. The van der Waals surface area contributed by atoms with E-state index < -0.39 is 18.2 Å². The maximum Gasteiger partial charge on any atom is 0.429 e. The number of hydrogen-bond acceptors (Lipinski definition) is 2. The van der Waals surface area contributed by atoms with Crippen LogP contribution in [0.15, 0.2) is 67.3 Å². The molecular formula is C19H13F3O2. The van der Waals surface area contributed by atoms with Crippen LogP contribution in [0.3, 0.4) is 0 Å². The normalized spacial score (nSPS) is 13.0. The van der Waals surface area contributed by atoms with E-state index in [0.717, 1.165) is 6.08 Å². The molecule has 24 heavy (non-hydrogen) atoms. The van der Waals surface area contributed by atoms with E-state index in [4.69, 9.17) is 0 Å². The van der Waals surface area contributed by atoms with Crippen molar-refractivity contribution in [3.8, 4) is 0 Å². The third kappa shape index (κ3) is 2.85. The standard InChI is InChI=1S/C19H13F3O2/c1-2-16(23)24-18(19(20,21)22)17-14-9-5-3-7-12(14)11-13-8-4-6-10-15(13)17/h2-11,18H,1H2/t18-/m1/s1. The number of benzene rings is 3. The molecule has 0 heterocycles. The highest BCUT2D eigenvalue weighted by Gasteiger charge is 2.45. The van der Waals surface area contributed by atoms with Crippen molar-refractivity contribution in [2.45, 2.75) is 12.3 Å². The van der Waals surface area contributed by atoms with Crippen molar-refractivity contribution in [1.29, 1.82) is 0 Å². The molecule has 1 atom stereocenters. The maximum absolute atomic E-state index is 13.6. The predicted octanol–water partition coefficient (Wildman–Crippen LogP) is 5.33. The number of carbonyl (C=O) groups is 1. The van der Waals surface area contributed by atoms with E-state index in [2.05, 4.69) is 11.3 Å².